The Bertz CT molecular complexity index is 732. The van der Waals surface area contributed by atoms with E-state index in [2.05, 4.69) is 10.6 Å². The minimum atomic E-state index is -0.369. The highest BCUT2D eigenvalue weighted by Crippen LogP contribution is 2.07. The van der Waals surface area contributed by atoms with E-state index in [9.17, 15) is 14.0 Å². The van der Waals surface area contributed by atoms with Gasteiger partial charge >= 0.3 is 0 Å². The molecule has 1 atom stereocenters. The molecule has 2 aromatic rings. The van der Waals surface area contributed by atoms with Crippen molar-refractivity contribution >= 4 is 17.5 Å². The van der Waals surface area contributed by atoms with Gasteiger partial charge in [-0.25, -0.2) is 4.39 Å². The molecule has 1 unspecified atom stereocenters. The highest BCUT2D eigenvalue weighted by Gasteiger charge is 2.12. The monoisotopic (exact) mass is 344 g/mol. The summed E-state index contributed by atoms with van der Waals surface area (Å²) in [6.45, 7) is 2.94. The van der Waals surface area contributed by atoms with E-state index in [1.165, 1.54) is 35.4 Å². The predicted octanol–water partition coefficient (Wildman–Crippen LogP) is 0.904. The van der Waals surface area contributed by atoms with Crippen LogP contribution in [0.3, 0.4) is 0 Å². The van der Waals surface area contributed by atoms with E-state index in [1.807, 2.05) is 38.2 Å². The van der Waals surface area contributed by atoms with Gasteiger partial charge in [0.05, 0.1) is 13.6 Å². The number of hydrogen-bond donors (Lipinski definition) is 3. The van der Waals surface area contributed by atoms with Gasteiger partial charge in [0.15, 0.2) is 6.54 Å². The molecule has 0 aliphatic heterocycles. The van der Waals surface area contributed by atoms with Crippen molar-refractivity contribution in [2.24, 2.45) is 0 Å². The van der Waals surface area contributed by atoms with Crippen LogP contribution in [0.25, 0.3) is 0 Å². The minimum Gasteiger partial charge on any atom is -0.342 e. The van der Waals surface area contributed by atoms with Crippen molar-refractivity contribution in [2.45, 2.75) is 13.5 Å². The van der Waals surface area contributed by atoms with E-state index in [0.717, 1.165) is 11.4 Å². The smallest absolute Gasteiger partial charge is 0.275 e. The summed E-state index contributed by atoms with van der Waals surface area (Å²) in [4.78, 5) is 24.8. The summed E-state index contributed by atoms with van der Waals surface area (Å²) >= 11 is 0. The number of likely N-dealkylation sites (N-methyl/N-ethyl adjacent to an activating group) is 1. The van der Waals surface area contributed by atoms with Gasteiger partial charge in [-0.2, -0.15) is 0 Å². The lowest BCUT2D eigenvalue weighted by molar-refractivity contribution is -0.885. The molecule has 6 heteroatoms. The van der Waals surface area contributed by atoms with E-state index >= 15 is 0 Å². The zero-order chi connectivity index (χ0) is 18.2. The molecule has 2 aromatic carbocycles. The fraction of sp³-hybridized carbons (Fsp3) is 0.263. The highest BCUT2D eigenvalue weighted by atomic mass is 19.1. The summed E-state index contributed by atoms with van der Waals surface area (Å²) in [6, 6.07) is 13.5. The standard InChI is InChI=1S/C19H22FN3O2/c1-14-5-3-4-6-15(14)12-23(2)13-19(25)21-11-18(24)22-17-9-7-16(20)8-10-17/h3-10H,11-13H2,1-2H3,(H,21,25)(H,22,24)/p+1. The van der Waals surface area contributed by atoms with Crippen molar-refractivity contribution < 1.29 is 18.9 Å². The molecular weight excluding hydrogens is 321 g/mol. The Balaban J connectivity index is 1.73. The Hall–Kier alpha value is -2.73. The zero-order valence-electron chi connectivity index (χ0n) is 14.4. The second-order valence-corrected chi connectivity index (χ2v) is 6.07. The summed E-state index contributed by atoms with van der Waals surface area (Å²) in [5.74, 6) is -0.914. The normalized spacial score (nSPS) is 11.6. The van der Waals surface area contributed by atoms with Crippen LogP contribution in [0.2, 0.25) is 0 Å². The molecule has 132 valence electrons. The topological polar surface area (TPSA) is 62.6 Å². The number of rotatable bonds is 7. The van der Waals surface area contributed by atoms with E-state index in [1.54, 1.807) is 0 Å². The van der Waals surface area contributed by atoms with E-state index in [-0.39, 0.29) is 30.7 Å². The molecule has 25 heavy (non-hydrogen) atoms. The van der Waals surface area contributed by atoms with Crippen molar-refractivity contribution in [1.82, 2.24) is 5.32 Å². The molecule has 0 aliphatic carbocycles. The van der Waals surface area contributed by atoms with Gasteiger partial charge in [0.1, 0.15) is 12.4 Å². The van der Waals surface area contributed by atoms with Crippen LogP contribution in [0.1, 0.15) is 11.1 Å². The molecule has 0 fully saturated rings. The molecule has 0 aromatic heterocycles. The molecule has 2 amide bonds. The molecule has 5 nitrogen and oxygen atoms in total. The Kier molecular flexibility index (Phi) is 6.65. The first kappa shape index (κ1) is 18.6. The quantitative estimate of drug-likeness (QED) is 0.699. The van der Waals surface area contributed by atoms with Crippen LogP contribution in [0.15, 0.2) is 48.5 Å². The summed E-state index contributed by atoms with van der Waals surface area (Å²) in [6.07, 6.45) is 0. The number of halogens is 1. The lowest BCUT2D eigenvalue weighted by Crippen LogP contribution is -3.09. The highest BCUT2D eigenvalue weighted by molar-refractivity contribution is 5.94. The number of aryl methyl sites for hydroxylation is 1. The first-order valence-electron chi connectivity index (χ1n) is 8.12. The van der Waals surface area contributed by atoms with Gasteiger partial charge in [-0.1, -0.05) is 24.3 Å². The second-order valence-electron chi connectivity index (χ2n) is 6.07. The van der Waals surface area contributed by atoms with Gasteiger partial charge in [-0.3, -0.25) is 9.59 Å². The maximum absolute atomic E-state index is 12.8. The van der Waals surface area contributed by atoms with Gasteiger partial charge < -0.3 is 15.5 Å². The number of carbonyl (C=O) groups is 2. The second kappa shape index (κ2) is 8.94. The summed E-state index contributed by atoms with van der Waals surface area (Å²) < 4.78 is 12.8. The van der Waals surface area contributed by atoms with E-state index in [4.69, 9.17) is 0 Å². The maximum Gasteiger partial charge on any atom is 0.275 e. The molecule has 0 saturated heterocycles. The number of carbonyl (C=O) groups excluding carboxylic acids is 2. The van der Waals surface area contributed by atoms with Gasteiger partial charge in [0, 0.05) is 11.3 Å². The Morgan fingerprint density at radius 3 is 2.40 bits per heavy atom. The van der Waals surface area contributed by atoms with Crippen LogP contribution in [-0.2, 0) is 16.1 Å². The molecule has 3 N–H and O–H groups in total. The molecule has 0 aliphatic rings. The largest absolute Gasteiger partial charge is 0.342 e. The van der Waals surface area contributed by atoms with Crippen molar-refractivity contribution in [1.29, 1.82) is 0 Å². The Labute approximate surface area is 146 Å². The molecule has 0 saturated carbocycles. The molecule has 2 rings (SSSR count). The summed E-state index contributed by atoms with van der Waals surface area (Å²) in [7, 11) is 1.94. The van der Waals surface area contributed by atoms with Gasteiger partial charge in [0.25, 0.3) is 5.91 Å². The molecule has 0 radical (unpaired) electrons. The van der Waals surface area contributed by atoms with Crippen molar-refractivity contribution in [3.63, 3.8) is 0 Å². The van der Waals surface area contributed by atoms with Crippen LogP contribution in [0, 0.1) is 12.7 Å². The number of quaternary nitrogens is 1. The van der Waals surface area contributed by atoms with Crippen molar-refractivity contribution in [3.05, 3.63) is 65.5 Å². The van der Waals surface area contributed by atoms with Gasteiger partial charge in [-0.15, -0.1) is 0 Å². The lowest BCUT2D eigenvalue weighted by atomic mass is 10.1. The number of benzene rings is 2. The number of anilines is 1. The molecular formula is C19H23FN3O2+. The molecule has 0 bridgehead atoms. The third-order valence-electron chi connectivity index (χ3n) is 3.79. The van der Waals surface area contributed by atoms with Crippen molar-refractivity contribution in [3.8, 4) is 0 Å². The van der Waals surface area contributed by atoms with Crippen LogP contribution >= 0.6 is 0 Å². The third-order valence-corrected chi connectivity index (χ3v) is 3.79. The van der Waals surface area contributed by atoms with Gasteiger partial charge in [-0.05, 0) is 36.8 Å². The van der Waals surface area contributed by atoms with Crippen LogP contribution in [0.4, 0.5) is 10.1 Å². The number of amides is 2. The average Bonchev–Trinajstić information content (AvgIpc) is 2.57. The summed E-state index contributed by atoms with van der Waals surface area (Å²) in [5.41, 5.74) is 2.88. The maximum atomic E-state index is 12.8. The zero-order valence-corrected chi connectivity index (χ0v) is 14.4. The lowest BCUT2D eigenvalue weighted by Gasteiger charge is -2.15. The number of nitrogens with one attached hydrogen (secondary N) is 3. The Morgan fingerprint density at radius 1 is 1.04 bits per heavy atom. The van der Waals surface area contributed by atoms with Crippen LogP contribution in [0.5, 0.6) is 0 Å². The SMILES string of the molecule is Cc1ccccc1C[NH+](C)CC(=O)NCC(=O)Nc1ccc(F)cc1. The third kappa shape index (κ3) is 6.35. The fourth-order valence-electron chi connectivity index (χ4n) is 2.45. The van der Waals surface area contributed by atoms with E-state index < -0.39 is 0 Å². The fourth-order valence-corrected chi connectivity index (χ4v) is 2.45. The van der Waals surface area contributed by atoms with Gasteiger partial charge in [0.2, 0.25) is 5.91 Å². The average molecular weight is 344 g/mol. The minimum absolute atomic E-state index is 0.117. The van der Waals surface area contributed by atoms with Crippen molar-refractivity contribution in [2.75, 3.05) is 25.5 Å². The first-order valence-corrected chi connectivity index (χ1v) is 8.12. The molecule has 0 spiro atoms. The van der Waals surface area contributed by atoms with Crippen LogP contribution < -0.4 is 15.5 Å². The predicted molar refractivity (Wildman–Crippen MR) is 94.7 cm³/mol. The molecule has 0 heterocycles. The van der Waals surface area contributed by atoms with E-state index in [0.29, 0.717) is 5.69 Å². The summed E-state index contributed by atoms with van der Waals surface area (Å²) in [5, 5.41) is 5.20. The number of hydrogen-bond acceptors (Lipinski definition) is 2. The van der Waals surface area contributed by atoms with Crippen LogP contribution in [-0.4, -0.2) is 32.0 Å². The Morgan fingerprint density at radius 2 is 1.72 bits per heavy atom. The first-order chi connectivity index (χ1) is 11.9.